The first-order valence-corrected chi connectivity index (χ1v) is 13.2. The third kappa shape index (κ3) is 9.87. The zero-order valence-corrected chi connectivity index (χ0v) is 23.3. The summed E-state index contributed by atoms with van der Waals surface area (Å²) < 4.78 is 13.1. The molecule has 3 aromatic rings. The quantitative estimate of drug-likeness (QED) is 0.272. The molecule has 0 bridgehead atoms. The number of hydrogen-bond acceptors (Lipinski definition) is 4. The minimum Gasteiger partial charge on any atom is -0.386 e. The number of benzene rings is 3. The Bertz CT molecular complexity index is 1170. The van der Waals surface area contributed by atoms with E-state index < -0.39 is 0 Å². The minimum atomic E-state index is -0.225. The second kappa shape index (κ2) is 17.5. The van der Waals surface area contributed by atoms with Gasteiger partial charge in [0.05, 0.1) is 5.82 Å². The Hall–Kier alpha value is -3.90. The predicted molar refractivity (Wildman–Crippen MR) is 162 cm³/mol. The summed E-state index contributed by atoms with van der Waals surface area (Å²) in [7, 11) is 0. The van der Waals surface area contributed by atoms with E-state index in [9.17, 15) is 9.18 Å². The smallest absolute Gasteiger partial charge is 0.246 e. The molecule has 0 unspecified atom stereocenters. The van der Waals surface area contributed by atoms with Crippen molar-refractivity contribution in [2.75, 3.05) is 31.5 Å². The van der Waals surface area contributed by atoms with Gasteiger partial charge < -0.3 is 16.0 Å². The van der Waals surface area contributed by atoms with E-state index in [0.29, 0.717) is 18.9 Å². The molecule has 1 saturated heterocycles. The van der Waals surface area contributed by atoms with Crippen LogP contribution in [-0.4, -0.2) is 41.9 Å². The molecule has 1 fully saturated rings. The normalized spacial score (nSPS) is 12.8. The molecule has 5 nitrogen and oxygen atoms in total. The van der Waals surface area contributed by atoms with Crippen molar-refractivity contribution in [1.29, 1.82) is 0 Å². The molecule has 0 spiro atoms. The fourth-order valence-electron chi connectivity index (χ4n) is 3.92. The number of nitrogens with zero attached hydrogens (tertiary/aromatic N) is 2. The molecule has 1 aliphatic rings. The SMILES string of the molecule is C=C.C=C(N)Nc1cc2ccccc2cc1/C=C/C(=O)N1CCN(Cc2ccc(F)cc2)CC1.CC.CC. The molecule has 0 saturated carbocycles. The molecule has 0 aliphatic carbocycles. The number of rotatable bonds is 6. The van der Waals surface area contributed by atoms with E-state index in [0.717, 1.165) is 47.2 Å². The topological polar surface area (TPSA) is 61.6 Å². The van der Waals surface area contributed by atoms with Crippen LogP contribution in [0.5, 0.6) is 0 Å². The number of halogens is 1. The summed E-state index contributed by atoms with van der Waals surface area (Å²) in [6, 6.07) is 18.7. The molecule has 3 aromatic carbocycles. The van der Waals surface area contributed by atoms with Crippen molar-refractivity contribution < 1.29 is 9.18 Å². The van der Waals surface area contributed by atoms with Gasteiger partial charge in [0.15, 0.2) is 0 Å². The molecular weight excluding hydrogens is 475 g/mol. The predicted octanol–water partition coefficient (Wildman–Crippen LogP) is 7.03. The Kier molecular flexibility index (Phi) is 14.8. The maximum absolute atomic E-state index is 13.1. The lowest BCUT2D eigenvalue weighted by molar-refractivity contribution is -0.127. The number of carbonyl (C=O) groups excluding carboxylic acids is 1. The van der Waals surface area contributed by atoms with Crippen molar-refractivity contribution in [2.45, 2.75) is 34.2 Å². The summed E-state index contributed by atoms with van der Waals surface area (Å²) in [4.78, 5) is 16.9. The van der Waals surface area contributed by atoms with Crippen molar-refractivity contribution in [3.05, 3.63) is 109 Å². The molecule has 0 atom stereocenters. The molecule has 3 N–H and O–H groups in total. The lowest BCUT2D eigenvalue weighted by Crippen LogP contribution is -2.47. The van der Waals surface area contributed by atoms with Gasteiger partial charge in [-0.1, -0.05) is 70.7 Å². The monoisotopic (exact) mass is 518 g/mol. The lowest BCUT2D eigenvalue weighted by Gasteiger charge is -2.34. The Morgan fingerprint density at radius 3 is 2.05 bits per heavy atom. The largest absolute Gasteiger partial charge is 0.386 e. The number of carbonyl (C=O) groups is 1. The van der Waals surface area contributed by atoms with Crippen LogP contribution in [-0.2, 0) is 11.3 Å². The van der Waals surface area contributed by atoms with E-state index in [4.69, 9.17) is 5.73 Å². The number of nitrogens with one attached hydrogen (secondary N) is 1. The molecule has 1 amide bonds. The summed E-state index contributed by atoms with van der Waals surface area (Å²) in [5.41, 5.74) is 8.51. The number of piperazine rings is 1. The van der Waals surface area contributed by atoms with Crippen LogP contribution >= 0.6 is 0 Å². The summed E-state index contributed by atoms with van der Waals surface area (Å²) in [5, 5.41) is 5.24. The van der Waals surface area contributed by atoms with Crippen LogP contribution in [0.25, 0.3) is 16.8 Å². The number of amides is 1. The van der Waals surface area contributed by atoms with E-state index in [1.54, 1.807) is 18.2 Å². The van der Waals surface area contributed by atoms with Gasteiger partial charge in [0.1, 0.15) is 5.82 Å². The average molecular weight is 519 g/mol. The van der Waals surface area contributed by atoms with E-state index in [2.05, 4.69) is 30.0 Å². The highest BCUT2D eigenvalue weighted by atomic mass is 19.1. The summed E-state index contributed by atoms with van der Waals surface area (Å²) in [6.45, 7) is 21.4. The first-order chi connectivity index (χ1) is 18.5. The van der Waals surface area contributed by atoms with Gasteiger partial charge in [0.2, 0.25) is 5.91 Å². The standard InChI is InChI=1S/C26H27FN4O.2C2H6.C2H4/c1-19(28)29-25-17-22-5-3-2-4-21(22)16-23(25)8-11-26(32)31-14-12-30(13-15-31)18-20-6-9-24(27)10-7-20;3*1-2/h2-11,16-17,29H,1,12-15,18,28H2;2*1-2H3;1-2H2/b11-8+;;;. The fourth-order valence-corrected chi connectivity index (χ4v) is 3.92. The zero-order valence-electron chi connectivity index (χ0n) is 23.3. The maximum atomic E-state index is 13.1. The molecule has 1 heterocycles. The zero-order chi connectivity index (χ0) is 28.5. The second-order valence-corrected chi connectivity index (χ2v) is 8.00. The van der Waals surface area contributed by atoms with Crippen molar-refractivity contribution in [2.24, 2.45) is 5.73 Å². The van der Waals surface area contributed by atoms with Gasteiger partial charge in [0.25, 0.3) is 0 Å². The molecule has 0 radical (unpaired) electrons. The molecular formula is C32H43FN4O. The van der Waals surface area contributed by atoms with Crippen LogP contribution in [0.15, 0.2) is 92.3 Å². The van der Waals surface area contributed by atoms with E-state index >= 15 is 0 Å². The fraction of sp³-hybridized carbons (Fsp3) is 0.281. The van der Waals surface area contributed by atoms with Crippen molar-refractivity contribution in [3.63, 3.8) is 0 Å². The maximum Gasteiger partial charge on any atom is 0.246 e. The third-order valence-corrected chi connectivity index (χ3v) is 5.62. The van der Waals surface area contributed by atoms with Gasteiger partial charge in [-0.05, 0) is 52.2 Å². The highest BCUT2D eigenvalue weighted by molar-refractivity contribution is 5.95. The molecule has 204 valence electrons. The number of anilines is 1. The highest BCUT2D eigenvalue weighted by Crippen LogP contribution is 2.26. The van der Waals surface area contributed by atoms with Crippen molar-refractivity contribution >= 4 is 28.4 Å². The Balaban J connectivity index is 0.00000112. The summed E-state index contributed by atoms with van der Waals surface area (Å²) in [6.07, 6.45) is 3.44. The van der Waals surface area contributed by atoms with E-state index in [1.807, 2.05) is 75.1 Å². The third-order valence-electron chi connectivity index (χ3n) is 5.62. The first kappa shape index (κ1) is 32.1. The van der Waals surface area contributed by atoms with E-state index in [-0.39, 0.29) is 11.7 Å². The molecule has 6 heteroatoms. The van der Waals surface area contributed by atoms with Crippen LogP contribution in [0.4, 0.5) is 10.1 Å². The van der Waals surface area contributed by atoms with Crippen LogP contribution in [0.2, 0.25) is 0 Å². The van der Waals surface area contributed by atoms with Gasteiger partial charge >= 0.3 is 0 Å². The second-order valence-electron chi connectivity index (χ2n) is 8.00. The molecule has 0 aromatic heterocycles. The minimum absolute atomic E-state index is 0.0166. The van der Waals surface area contributed by atoms with Gasteiger partial charge in [-0.15, -0.1) is 13.2 Å². The van der Waals surface area contributed by atoms with Crippen molar-refractivity contribution in [3.8, 4) is 0 Å². The molecule has 38 heavy (non-hydrogen) atoms. The van der Waals surface area contributed by atoms with Crippen LogP contribution in [0, 0.1) is 5.82 Å². The van der Waals surface area contributed by atoms with Crippen LogP contribution < -0.4 is 11.1 Å². The highest BCUT2D eigenvalue weighted by Gasteiger charge is 2.19. The van der Waals surface area contributed by atoms with Gasteiger partial charge in [-0.3, -0.25) is 9.69 Å². The molecule has 4 rings (SSSR count). The summed E-state index contributed by atoms with van der Waals surface area (Å²) >= 11 is 0. The van der Waals surface area contributed by atoms with Gasteiger partial charge in [-0.25, -0.2) is 4.39 Å². The van der Waals surface area contributed by atoms with Gasteiger partial charge in [0, 0.05) is 44.5 Å². The van der Waals surface area contributed by atoms with Gasteiger partial charge in [-0.2, -0.15) is 0 Å². The Morgan fingerprint density at radius 1 is 0.947 bits per heavy atom. The summed E-state index contributed by atoms with van der Waals surface area (Å²) in [5.74, 6) is 0.104. The number of fused-ring (bicyclic) bond motifs is 1. The number of hydrogen-bond donors (Lipinski definition) is 2. The first-order valence-electron chi connectivity index (χ1n) is 13.2. The average Bonchev–Trinajstić information content (AvgIpc) is 2.96. The lowest BCUT2D eigenvalue weighted by atomic mass is 10.0. The van der Waals surface area contributed by atoms with Crippen LogP contribution in [0.1, 0.15) is 38.8 Å². The molecule has 1 aliphatic heterocycles. The van der Waals surface area contributed by atoms with Crippen molar-refractivity contribution in [1.82, 2.24) is 9.80 Å². The van der Waals surface area contributed by atoms with Crippen LogP contribution in [0.3, 0.4) is 0 Å². The Labute approximate surface area is 228 Å². The number of nitrogens with two attached hydrogens (primary N) is 1. The van der Waals surface area contributed by atoms with E-state index in [1.165, 1.54) is 12.1 Å². The Morgan fingerprint density at radius 2 is 1.50 bits per heavy atom.